The number of rotatable bonds is 14. The fourth-order valence-electron chi connectivity index (χ4n) is 4.59. The summed E-state index contributed by atoms with van der Waals surface area (Å²) < 4.78 is 4.89. The van der Waals surface area contributed by atoms with E-state index < -0.39 is 0 Å². The molecule has 3 N–H and O–H groups in total. The molecule has 0 saturated carbocycles. The van der Waals surface area contributed by atoms with E-state index in [2.05, 4.69) is 45.6 Å². The van der Waals surface area contributed by atoms with Crippen LogP contribution < -0.4 is 10.6 Å². The molecule has 0 radical (unpaired) electrons. The lowest BCUT2D eigenvalue weighted by atomic mass is 10.1. The lowest BCUT2D eigenvalue weighted by Crippen LogP contribution is -2.29. The van der Waals surface area contributed by atoms with Gasteiger partial charge in [0.05, 0.1) is 18.1 Å². The number of fused-ring (bicyclic) bond motifs is 3. The average Bonchev–Trinajstić information content (AvgIpc) is 3.34. The molecule has 0 saturated heterocycles. The van der Waals surface area contributed by atoms with Gasteiger partial charge in [-0.25, -0.2) is 14.8 Å². The summed E-state index contributed by atoms with van der Waals surface area (Å²) in [4.78, 5) is 39.1. The first-order valence-electron chi connectivity index (χ1n) is 13.6. The van der Waals surface area contributed by atoms with Gasteiger partial charge in [0.2, 0.25) is 5.91 Å². The standard InChI is InChI=1S/C31H36N6O3/c1-4-5-13-27(38)32-16-9-18-37(2)19-10-17-33-29-28-24-15-14-23(31(39)40-3)21-25(24)34-30(28)36-26(35-29)20-22-11-7-6-8-12-22/h1,6-8,11-12,14-15,21H,5,9-10,13,16-20H2,2-3H3,(H,32,38)(H2,33,34,35,36). The summed E-state index contributed by atoms with van der Waals surface area (Å²) in [6.45, 7) is 3.17. The summed E-state index contributed by atoms with van der Waals surface area (Å²) in [5.74, 6) is 3.59. The maximum absolute atomic E-state index is 12.1. The first-order chi connectivity index (χ1) is 19.5. The summed E-state index contributed by atoms with van der Waals surface area (Å²) in [7, 11) is 3.46. The van der Waals surface area contributed by atoms with Crippen LogP contribution in [0.4, 0.5) is 5.82 Å². The molecule has 0 atom stereocenters. The molecule has 9 heteroatoms. The number of H-pyrrole nitrogens is 1. The number of nitrogens with zero attached hydrogens (tertiary/aromatic N) is 3. The van der Waals surface area contributed by atoms with E-state index in [1.165, 1.54) is 7.11 Å². The first-order valence-corrected chi connectivity index (χ1v) is 13.6. The van der Waals surface area contributed by atoms with Crippen LogP contribution in [0.3, 0.4) is 0 Å². The smallest absolute Gasteiger partial charge is 0.337 e. The number of aromatic nitrogens is 3. The number of methoxy groups -OCH3 is 1. The second-order valence-corrected chi connectivity index (χ2v) is 9.74. The fourth-order valence-corrected chi connectivity index (χ4v) is 4.59. The Morgan fingerprint density at radius 2 is 1.85 bits per heavy atom. The van der Waals surface area contributed by atoms with Crippen LogP contribution in [0.5, 0.6) is 0 Å². The van der Waals surface area contributed by atoms with Crippen molar-refractivity contribution in [3.8, 4) is 12.3 Å². The number of amides is 1. The van der Waals surface area contributed by atoms with E-state index in [4.69, 9.17) is 21.1 Å². The number of nitrogens with one attached hydrogen (secondary N) is 3. The number of esters is 1. The number of carbonyl (C=O) groups is 2. The van der Waals surface area contributed by atoms with Gasteiger partial charge in [-0.3, -0.25) is 4.79 Å². The molecule has 4 rings (SSSR count). The van der Waals surface area contributed by atoms with E-state index >= 15 is 0 Å². The Balaban J connectivity index is 1.42. The van der Waals surface area contributed by atoms with Crippen LogP contribution in [0.15, 0.2) is 48.5 Å². The lowest BCUT2D eigenvalue weighted by Gasteiger charge is -2.17. The molecule has 0 bridgehead atoms. The third-order valence-electron chi connectivity index (χ3n) is 6.67. The molecule has 0 unspecified atom stereocenters. The molecular formula is C31H36N6O3. The molecular weight excluding hydrogens is 504 g/mol. The maximum Gasteiger partial charge on any atom is 0.337 e. The van der Waals surface area contributed by atoms with Crippen LogP contribution in [0.1, 0.15) is 47.4 Å². The highest BCUT2D eigenvalue weighted by Gasteiger charge is 2.16. The molecule has 0 aliphatic rings. The van der Waals surface area contributed by atoms with Gasteiger partial charge < -0.3 is 25.3 Å². The number of anilines is 1. The van der Waals surface area contributed by atoms with Crippen LogP contribution in [0.25, 0.3) is 21.9 Å². The van der Waals surface area contributed by atoms with E-state index in [1.807, 2.05) is 24.3 Å². The van der Waals surface area contributed by atoms with Gasteiger partial charge in [0.25, 0.3) is 0 Å². The van der Waals surface area contributed by atoms with E-state index in [1.54, 1.807) is 12.1 Å². The van der Waals surface area contributed by atoms with Crippen molar-refractivity contribution in [1.82, 2.24) is 25.2 Å². The van der Waals surface area contributed by atoms with Crippen LogP contribution in [0.2, 0.25) is 0 Å². The number of terminal acetylenes is 1. The van der Waals surface area contributed by atoms with E-state index in [9.17, 15) is 9.59 Å². The summed E-state index contributed by atoms with van der Waals surface area (Å²) in [5.41, 5.74) is 3.13. The maximum atomic E-state index is 12.1. The predicted molar refractivity (Wildman–Crippen MR) is 158 cm³/mol. The van der Waals surface area contributed by atoms with Crippen LogP contribution in [-0.4, -0.2) is 72.1 Å². The number of aromatic amines is 1. The van der Waals surface area contributed by atoms with Crippen molar-refractivity contribution >= 4 is 39.6 Å². The molecule has 2 aromatic heterocycles. The van der Waals surface area contributed by atoms with Gasteiger partial charge in [0.15, 0.2) is 0 Å². The third-order valence-corrected chi connectivity index (χ3v) is 6.67. The number of hydrogen-bond donors (Lipinski definition) is 3. The Bertz CT molecular complexity index is 1490. The van der Waals surface area contributed by atoms with Crippen molar-refractivity contribution in [2.24, 2.45) is 0 Å². The van der Waals surface area contributed by atoms with E-state index in [0.29, 0.717) is 37.2 Å². The Morgan fingerprint density at radius 3 is 2.60 bits per heavy atom. The highest BCUT2D eigenvalue weighted by molar-refractivity contribution is 6.12. The van der Waals surface area contributed by atoms with Gasteiger partial charge in [0.1, 0.15) is 17.3 Å². The third kappa shape index (κ3) is 7.58. The summed E-state index contributed by atoms with van der Waals surface area (Å²) in [6, 6.07) is 15.6. The van der Waals surface area contributed by atoms with Gasteiger partial charge in [-0.05, 0) is 50.7 Å². The minimum atomic E-state index is -0.384. The SMILES string of the molecule is C#CCCC(=O)NCCCN(C)CCCNc1nc(Cc2ccccc2)nc2[nH]c3cc(C(=O)OC)ccc3c12. The Kier molecular flexibility index (Phi) is 10.1. The van der Waals surface area contributed by atoms with Crippen LogP contribution in [-0.2, 0) is 16.0 Å². The zero-order chi connectivity index (χ0) is 28.3. The second kappa shape index (κ2) is 14.1. The number of ether oxygens (including phenoxy) is 1. The van der Waals surface area contributed by atoms with Crippen molar-refractivity contribution in [2.45, 2.75) is 32.1 Å². The minimum Gasteiger partial charge on any atom is -0.465 e. The minimum absolute atomic E-state index is 0.00593. The highest BCUT2D eigenvalue weighted by Crippen LogP contribution is 2.31. The molecule has 0 spiro atoms. The molecule has 0 aliphatic carbocycles. The van der Waals surface area contributed by atoms with Crippen molar-refractivity contribution in [3.63, 3.8) is 0 Å². The zero-order valence-electron chi connectivity index (χ0n) is 23.1. The Labute approximate surface area is 234 Å². The van der Waals surface area contributed by atoms with Gasteiger partial charge in [-0.2, -0.15) is 0 Å². The van der Waals surface area contributed by atoms with Crippen LogP contribution in [0, 0.1) is 12.3 Å². The zero-order valence-corrected chi connectivity index (χ0v) is 23.1. The fraction of sp³-hybridized carbons (Fsp3) is 0.355. The predicted octanol–water partition coefficient (Wildman–Crippen LogP) is 4.14. The van der Waals surface area contributed by atoms with Gasteiger partial charge in [-0.1, -0.05) is 36.4 Å². The highest BCUT2D eigenvalue weighted by atomic mass is 16.5. The molecule has 0 aliphatic heterocycles. The van der Waals surface area contributed by atoms with Gasteiger partial charge >= 0.3 is 5.97 Å². The van der Waals surface area contributed by atoms with Crippen molar-refractivity contribution < 1.29 is 14.3 Å². The normalized spacial score (nSPS) is 11.1. The topological polar surface area (TPSA) is 112 Å². The Hall–Kier alpha value is -4.42. The van der Waals surface area contributed by atoms with E-state index in [-0.39, 0.29) is 11.9 Å². The number of carbonyl (C=O) groups excluding carboxylic acids is 2. The molecule has 2 heterocycles. The van der Waals surface area contributed by atoms with E-state index in [0.717, 1.165) is 65.8 Å². The molecule has 0 fully saturated rings. The summed E-state index contributed by atoms with van der Waals surface area (Å²) in [6.07, 6.45) is 8.46. The second-order valence-electron chi connectivity index (χ2n) is 9.74. The van der Waals surface area contributed by atoms with Crippen molar-refractivity contribution in [3.05, 3.63) is 65.5 Å². The molecule has 208 valence electrons. The van der Waals surface area contributed by atoms with Gasteiger partial charge in [0, 0.05) is 43.3 Å². The summed E-state index contributed by atoms with van der Waals surface area (Å²) in [5, 5.41) is 8.29. The first kappa shape index (κ1) is 28.6. The molecule has 40 heavy (non-hydrogen) atoms. The summed E-state index contributed by atoms with van der Waals surface area (Å²) >= 11 is 0. The van der Waals surface area contributed by atoms with Crippen molar-refractivity contribution in [2.75, 3.05) is 45.7 Å². The molecule has 4 aromatic rings. The molecule has 1 amide bonds. The van der Waals surface area contributed by atoms with Gasteiger partial charge in [-0.15, -0.1) is 12.3 Å². The quantitative estimate of drug-likeness (QED) is 0.125. The monoisotopic (exact) mass is 540 g/mol. The number of hydrogen-bond acceptors (Lipinski definition) is 7. The largest absolute Gasteiger partial charge is 0.465 e. The average molecular weight is 541 g/mol. The van der Waals surface area contributed by atoms with Crippen molar-refractivity contribution in [1.29, 1.82) is 0 Å². The Morgan fingerprint density at radius 1 is 1.07 bits per heavy atom. The number of benzene rings is 2. The molecule has 2 aromatic carbocycles. The van der Waals surface area contributed by atoms with Crippen LogP contribution >= 0.6 is 0 Å². The lowest BCUT2D eigenvalue weighted by molar-refractivity contribution is -0.121. The molecule has 9 nitrogen and oxygen atoms in total.